The van der Waals surface area contributed by atoms with Crippen molar-refractivity contribution in [2.75, 3.05) is 13.1 Å². The quantitative estimate of drug-likeness (QED) is 0.840. The first-order valence-corrected chi connectivity index (χ1v) is 6.63. The number of carboxylic acid groups (broad SMARTS) is 1. The van der Waals surface area contributed by atoms with E-state index in [-0.39, 0.29) is 6.42 Å². The fourth-order valence-corrected chi connectivity index (χ4v) is 1.92. The standard InChI is InChI=1S/C15H18N2O3/c1-2-17(9-8-14(18)19)10-13-11-20-15(16-13)12-6-4-3-5-7-12/h3-7,11H,2,8-10H2,1H3,(H,18,19). The van der Waals surface area contributed by atoms with Crippen LogP contribution in [-0.2, 0) is 11.3 Å². The molecule has 5 heteroatoms. The summed E-state index contributed by atoms with van der Waals surface area (Å²) in [5, 5.41) is 8.72. The van der Waals surface area contributed by atoms with Crippen LogP contribution in [0.3, 0.4) is 0 Å². The molecule has 0 bridgehead atoms. The number of rotatable bonds is 7. The number of carboxylic acids is 1. The molecular formula is C15H18N2O3. The van der Waals surface area contributed by atoms with E-state index in [0.717, 1.165) is 17.8 Å². The fraction of sp³-hybridized carbons (Fsp3) is 0.333. The van der Waals surface area contributed by atoms with Crippen LogP contribution in [0, 0.1) is 0 Å². The van der Waals surface area contributed by atoms with E-state index in [4.69, 9.17) is 9.52 Å². The molecule has 2 rings (SSSR count). The number of hydrogen-bond donors (Lipinski definition) is 1. The van der Waals surface area contributed by atoms with Crippen LogP contribution in [0.15, 0.2) is 41.0 Å². The van der Waals surface area contributed by atoms with Crippen molar-refractivity contribution in [2.24, 2.45) is 0 Å². The smallest absolute Gasteiger partial charge is 0.304 e. The third-order valence-corrected chi connectivity index (χ3v) is 3.05. The molecule has 0 unspecified atom stereocenters. The second-order valence-corrected chi connectivity index (χ2v) is 4.52. The number of aliphatic carboxylic acids is 1. The highest BCUT2D eigenvalue weighted by atomic mass is 16.4. The summed E-state index contributed by atoms with van der Waals surface area (Å²) in [7, 11) is 0. The molecule has 0 saturated heterocycles. The fourth-order valence-electron chi connectivity index (χ4n) is 1.92. The van der Waals surface area contributed by atoms with Crippen molar-refractivity contribution in [1.29, 1.82) is 0 Å². The molecule has 0 saturated carbocycles. The van der Waals surface area contributed by atoms with E-state index < -0.39 is 5.97 Å². The van der Waals surface area contributed by atoms with Gasteiger partial charge in [-0.2, -0.15) is 0 Å². The first kappa shape index (κ1) is 14.3. The Morgan fingerprint density at radius 2 is 2.10 bits per heavy atom. The Morgan fingerprint density at radius 1 is 1.35 bits per heavy atom. The Balaban J connectivity index is 2.00. The zero-order valence-electron chi connectivity index (χ0n) is 11.5. The van der Waals surface area contributed by atoms with Gasteiger partial charge in [0.25, 0.3) is 0 Å². The molecule has 0 aliphatic carbocycles. The van der Waals surface area contributed by atoms with Crippen LogP contribution in [0.2, 0.25) is 0 Å². The molecular weight excluding hydrogens is 256 g/mol. The summed E-state index contributed by atoms with van der Waals surface area (Å²) in [6.07, 6.45) is 1.77. The van der Waals surface area contributed by atoms with E-state index >= 15 is 0 Å². The van der Waals surface area contributed by atoms with Gasteiger partial charge in [0.05, 0.1) is 12.1 Å². The maximum atomic E-state index is 10.6. The van der Waals surface area contributed by atoms with Crippen molar-refractivity contribution >= 4 is 5.97 Å². The van der Waals surface area contributed by atoms with Gasteiger partial charge in [-0.15, -0.1) is 0 Å². The predicted octanol–water partition coefficient (Wildman–Crippen LogP) is 2.64. The monoisotopic (exact) mass is 274 g/mol. The number of oxazole rings is 1. The lowest BCUT2D eigenvalue weighted by molar-refractivity contribution is -0.137. The van der Waals surface area contributed by atoms with Crippen LogP contribution in [0.5, 0.6) is 0 Å². The molecule has 2 aromatic rings. The van der Waals surface area contributed by atoms with E-state index in [2.05, 4.69) is 4.98 Å². The van der Waals surface area contributed by atoms with Gasteiger partial charge in [-0.25, -0.2) is 4.98 Å². The summed E-state index contributed by atoms with van der Waals surface area (Å²) in [5.41, 5.74) is 1.75. The van der Waals surface area contributed by atoms with E-state index in [1.165, 1.54) is 0 Å². The minimum atomic E-state index is -0.784. The van der Waals surface area contributed by atoms with Crippen molar-refractivity contribution in [1.82, 2.24) is 9.88 Å². The third-order valence-electron chi connectivity index (χ3n) is 3.05. The SMILES string of the molecule is CCN(CCC(=O)O)Cc1coc(-c2ccccc2)n1. The predicted molar refractivity (Wildman–Crippen MR) is 75.1 cm³/mol. The maximum Gasteiger partial charge on any atom is 0.304 e. The molecule has 106 valence electrons. The lowest BCUT2D eigenvalue weighted by Gasteiger charge is -2.17. The van der Waals surface area contributed by atoms with Crippen molar-refractivity contribution in [2.45, 2.75) is 19.9 Å². The highest BCUT2D eigenvalue weighted by Gasteiger charge is 2.11. The van der Waals surface area contributed by atoms with E-state index in [0.29, 0.717) is 19.0 Å². The molecule has 1 heterocycles. The Bertz CT molecular complexity index is 551. The molecule has 1 N–H and O–H groups in total. The lowest BCUT2D eigenvalue weighted by Crippen LogP contribution is -2.25. The minimum Gasteiger partial charge on any atom is -0.481 e. The van der Waals surface area contributed by atoms with Gasteiger partial charge in [-0.1, -0.05) is 25.1 Å². The number of nitrogens with zero attached hydrogens (tertiary/aromatic N) is 2. The molecule has 1 aromatic carbocycles. The van der Waals surface area contributed by atoms with Crippen LogP contribution in [-0.4, -0.2) is 34.0 Å². The molecule has 0 atom stereocenters. The van der Waals surface area contributed by atoms with Crippen LogP contribution in [0.1, 0.15) is 19.0 Å². The van der Waals surface area contributed by atoms with Crippen LogP contribution in [0.4, 0.5) is 0 Å². The zero-order chi connectivity index (χ0) is 14.4. The first-order chi connectivity index (χ1) is 9.69. The van der Waals surface area contributed by atoms with E-state index in [1.54, 1.807) is 6.26 Å². The summed E-state index contributed by atoms with van der Waals surface area (Å²) in [6.45, 7) is 3.89. The molecule has 0 radical (unpaired) electrons. The normalized spacial score (nSPS) is 10.9. The molecule has 0 aliphatic rings. The average molecular weight is 274 g/mol. The van der Waals surface area contributed by atoms with Gasteiger partial charge in [0.15, 0.2) is 0 Å². The van der Waals surface area contributed by atoms with Crippen molar-refractivity contribution < 1.29 is 14.3 Å². The van der Waals surface area contributed by atoms with Gasteiger partial charge >= 0.3 is 5.97 Å². The van der Waals surface area contributed by atoms with E-state index in [9.17, 15) is 4.79 Å². The van der Waals surface area contributed by atoms with Crippen molar-refractivity contribution in [3.05, 3.63) is 42.3 Å². The molecule has 5 nitrogen and oxygen atoms in total. The zero-order valence-corrected chi connectivity index (χ0v) is 11.5. The number of aromatic nitrogens is 1. The highest BCUT2D eigenvalue weighted by Crippen LogP contribution is 2.18. The van der Waals surface area contributed by atoms with Gasteiger partial charge in [0, 0.05) is 18.7 Å². The van der Waals surface area contributed by atoms with Crippen molar-refractivity contribution in [3.63, 3.8) is 0 Å². The number of hydrogen-bond acceptors (Lipinski definition) is 4. The van der Waals surface area contributed by atoms with Crippen LogP contribution >= 0.6 is 0 Å². The second-order valence-electron chi connectivity index (χ2n) is 4.52. The average Bonchev–Trinajstić information content (AvgIpc) is 2.92. The molecule has 0 amide bonds. The Labute approximate surface area is 117 Å². The summed E-state index contributed by atoms with van der Waals surface area (Å²) >= 11 is 0. The lowest BCUT2D eigenvalue weighted by atomic mass is 10.2. The number of carbonyl (C=O) groups is 1. The summed E-state index contributed by atoms with van der Waals surface area (Å²) in [4.78, 5) is 17.1. The molecule has 20 heavy (non-hydrogen) atoms. The molecule has 1 aromatic heterocycles. The first-order valence-electron chi connectivity index (χ1n) is 6.63. The largest absolute Gasteiger partial charge is 0.481 e. The van der Waals surface area contributed by atoms with Crippen LogP contribution in [0.25, 0.3) is 11.5 Å². The summed E-state index contributed by atoms with van der Waals surface area (Å²) in [5.74, 6) is -0.191. The molecule has 0 fully saturated rings. The third kappa shape index (κ3) is 3.93. The van der Waals surface area contributed by atoms with Gasteiger partial charge in [0.2, 0.25) is 5.89 Å². The number of benzene rings is 1. The Morgan fingerprint density at radius 3 is 2.75 bits per heavy atom. The van der Waals surface area contributed by atoms with Crippen LogP contribution < -0.4 is 0 Å². The Hall–Kier alpha value is -2.14. The minimum absolute atomic E-state index is 0.136. The Kier molecular flexibility index (Phi) is 4.90. The highest BCUT2D eigenvalue weighted by molar-refractivity contribution is 5.66. The van der Waals surface area contributed by atoms with E-state index in [1.807, 2.05) is 42.2 Å². The molecule has 0 spiro atoms. The van der Waals surface area contributed by atoms with Gasteiger partial charge in [-0.05, 0) is 18.7 Å². The van der Waals surface area contributed by atoms with Gasteiger partial charge in [-0.3, -0.25) is 9.69 Å². The summed E-state index contributed by atoms with van der Waals surface area (Å²) in [6, 6.07) is 9.70. The maximum absolute atomic E-state index is 10.6. The molecule has 0 aliphatic heterocycles. The van der Waals surface area contributed by atoms with Crippen molar-refractivity contribution in [3.8, 4) is 11.5 Å². The van der Waals surface area contributed by atoms with Gasteiger partial charge < -0.3 is 9.52 Å². The second kappa shape index (κ2) is 6.86. The topological polar surface area (TPSA) is 66.6 Å². The van der Waals surface area contributed by atoms with Gasteiger partial charge in [0.1, 0.15) is 6.26 Å². The summed E-state index contributed by atoms with van der Waals surface area (Å²) < 4.78 is 5.47.